The minimum absolute atomic E-state index is 0.0967. The Labute approximate surface area is 158 Å². The summed E-state index contributed by atoms with van der Waals surface area (Å²) in [6.45, 7) is 0. The summed E-state index contributed by atoms with van der Waals surface area (Å²) in [6, 6.07) is 16.0. The Morgan fingerprint density at radius 3 is 2.21 bits per heavy atom. The maximum absolute atomic E-state index is 12.5. The highest BCUT2D eigenvalue weighted by atomic mass is 127. The Morgan fingerprint density at radius 1 is 0.958 bits per heavy atom. The summed E-state index contributed by atoms with van der Waals surface area (Å²) in [6.07, 6.45) is 7.97. The molecule has 0 heterocycles. The van der Waals surface area contributed by atoms with E-state index in [1.54, 1.807) is 0 Å². The Hall–Kier alpha value is -1.77. The van der Waals surface area contributed by atoms with Gasteiger partial charge in [0.25, 0.3) is 0 Å². The van der Waals surface area contributed by atoms with E-state index in [0.29, 0.717) is 0 Å². The van der Waals surface area contributed by atoms with E-state index < -0.39 is 0 Å². The van der Waals surface area contributed by atoms with Crippen molar-refractivity contribution >= 4 is 35.9 Å². The number of carbonyl (C=O) groups excluding carboxylic acids is 1. The molecule has 1 aliphatic rings. The molecule has 0 amide bonds. The summed E-state index contributed by atoms with van der Waals surface area (Å²) >= 11 is 2.16. The van der Waals surface area contributed by atoms with Crippen molar-refractivity contribution in [2.24, 2.45) is 0 Å². The van der Waals surface area contributed by atoms with Gasteiger partial charge in [-0.3, -0.25) is 4.79 Å². The lowest BCUT2D eigenvalue weighted by atomic mass is 9.96. The molecule has 24 heavy (non-hydrogen) atoms. The Bertz CT molecular complexity index is 849. The van der Waals surface area contributed by atoms with Gasteiger partial charge in [0, 0.05) is 37.9 Å². The summed E-state index contributed by atoms with van der Waals surface area (Å²) in [7, 11) is 1.48. The van der Waals surface area contributed by atoms with E-state index >= 15 is 0 Å². The molecule has 0 atom stereocenters. The molecule has 0 unspecified atom stereocenters. The quantitative estimate of drug-likeness (QED) is 0.320. The van der Waals surface area contributed by atoms with E-state index in [4.69, 9.17) is 0 Å². The fourth-order valence-electron chi connectivity index (χ4n) is 2.59. The monoisotopic (exact) mass is 442 g/mol. The van der Waals surface area contributed by atoms with Gasteiger partial charge in [0.2, 0.25) is 0 Å². The van der Waals surface area contributed by atoms with Gasteiger partial charge in [0.05, 0.1) is 0 Å². The van der Waals surface area contributed by atoms with Crippen LogP contribution in [0, 0.1) is 11.2 Å². The molecule has 0 fully saturated rings. The first-order valence-corrected chi connectivity index (χ1v) is 11.0. The Balaban J connectivity index is 1.78. The smallest absolute Gasteiger partial charge is 0.192 e. The highest BCUT2D eigenvalue weighted by molar-refractivity contribution is 14.2. The lowest BCUT2D eigenvalue weighted by Crippen LogP contribution is -2.03. The van der Waals surface area contributed by atoms with Crippen LogP contribution in [0.2, 0.25) is 0 Å². The molecule has 0 aromatic heterocycles. The zero-order valence-electron chi connectivity index (χ0n) is 13.0. The van der Waals surface area contributed by atoms with E-state index in [9.17, 15) is 4.79 Å². The van der Waals surface area contributed by atoms with Crippen molar-refractivity contribution in [2.75, 3.05) is 0 Å². The third-order valence-corrected chi connectivity index (χ3v) is 4.70. The molecule has 2 aromatic rings. The minimum Gasteiger partial charge on any atom is -0.289 e. The molecule has 1 aliphatic carbocycles. The molecule has 3 heteroatoms. The highest BCUT2D eigenvalue weighted by Crippen LogP contribution is 2.22. The van der Waals surface area contributed by atoms with Gasteiger partial charge in [0.15, 0.2) is 5.78 Å². The van der Waals surface area contributed by atoms with Crippen LogP contribution in [0.15, 0.2) is 72.3 Å². The van der Waals surface area contributed by atoms with Crippen LogP contribution >= 0.6 is 30.1 Å². The maximum Gasteiger partial charge on any atom is 0.192 e. The fraction of sp³-hybridized carbons (Fsp3) is 0.0952. The average molecular weight is 442 g/mol. The Morgan fingerprint density at radius 2 is 1.62 bits per heavy atom. The zero-order valence-corrected chi connectivity index (χ0v) is 15.9. The second-order valence-corrected chi connectivity index (χ2v) is 7.11. The molecule has 0 saturated heterocycles. The van der Waals surface area contributed by atoms with E-state index in [1.165, 1.54) is 8.93 Å². The Kier molecular flexibility index (Phi) is 5.95. The first-order valence-electron chi connectivity index (χ1n) is 7.68. The van der Waals surface area contributed by atoms with Gasteiger partial charge >= 0.3 is 0 Å². The third-order valence-electron chi connectivity index (χ3n) is 3.86. The number of Topliss-reactive ketones (excluding diaryl/α,β-unsaturated/α-hetero) is 1. The molecule has 0 aliphatic heterocycles. The number of carbonyl (C=O) groups is 1. The fourth-order valence-corrected chi connectivity index (χ4v) is 3.07. The summed E-state index contributed by atoms with van der Waals surface area (Å²) in [5.41, 5.74) is 4.76. The van der Waals surface area contributed by atoms with Gasteiger partial charge in [-0.25, -0.2) is 0 Å². The van der Waals surface area contributed by atoms with Crippen LogP contribution in [0.25, 0.3) is 11.1 Å². The lowest BCUT2D eigenvalue weighted by molar-refractivity contribution is 0.103. The predicted molar refractivity (Wildman–Crippen MR) is 111 cm³/mol. The molecule has 0 N–H and O–H groups in total. The van der Waals surface area contributed by atoms with Gasteiger partial charge in [0.1, 0.15) is 0 Å². The number of hydrogen-bond acceptors (Lipinski definition) is 2. The molecular formula is C21H15IOS. The van der Waals surface area contributed by atoms with Crippen LogP contribution in [0.1, 0.15) is 28.8 Å². The number of hydrogen-bond donors (Lipinski definition) is 0. The predicted octanol–water partition coefficient (Wildman–Crippen LogP) is 6.20. The topological polar surface area (TPSA) is 17.1 Å². The second kappa shape index (κ2) is 8.36. The van der Waals surface area contributed by atoms with Crippen LogP contribution in [-0.4, -0.2) is 5.78 Å². The summed E-state index contributed by atoms with van der Waals surface area (Å²) in [5.74, 6) is 3.18. The normalized spacial score (nSPS) is 13.0. The van der Waals surface area contributed by atoms with E-state index in [2.05, 4.69) is 50.6 Å². The van der Waals surface area contributed by atoms with Gasteiger partial charge in [-0.1, -0.05) is 60.5 Å². The molecule has 0 radical (unpaired) electrons. The molecule has 2 aromatic carbocycles. The highest BCUT2D eigenvalue weighted by Gasteiger charge is 2.11. The van der Waals surface area contributed by atoms with Crippen molar-refractivity contribution in [3.05, 3.63) is 83.5 Å². The van der Waals surface area contributed by atoms with Gasteiger partial charge in [-0.15, -0.1) is 0 Å². The van der Waals surface area contributed by atoms with E-state index in [-0.39, 0.29) is 5.78 Å². The largest absolute Gasteiger partial charge is 0.289 e. The lowest BCUT2D eigenvalue weighted by Gasteiger charge is -2.07. The molecule has 0 bridgehead atoms. The maximum atomic E-state index is 12.5. The van der Waals surface area contributed by atoms with Crippen molar-refractivity contribution in [3.8, 4) is 22.3 Å². The second-order valence-electron chi connectivity index (χ2n) is 5.43. The molecular weight excluding hydrogens is 427 g/mol. The molecule has 118 valence electrons. The SMILES string of the molecule is O=C(C1=CCCC=C1)c1ccc(-c2ccc(C#CSI)cc2)cc1. The number of ketones is 1. The third kappa shape index (κ3) is 4.19. The van der Waals surface area contributed by atoms with Crippen molar-refractivity contribution in [3.63, 3.8) is 0 Å². The minimum atomic E-state index is 0.0967. The average Bonchev–Trinajstić information content (AvgIpc) is 2.67. The molecule has 3 rings (SSSR count). The standard InChI is InChI=1S/C21H15IOS/c22-24-15-14-16-6-8-17(9-7-16)18-10-12-20(13-11-18)21(23)19-4-2-1-3-5-19/h2,4-13H,1,3H2. The van der Waals surface area contributed by atoms with Crippen LogP contribution < -0.4 is 0 Å². The number of benzene rings is 2. The number of rotatable bonds is 3. The van der Waals surface area contributed by atoms with Crippen molar-refractivity contribution < 1.29 is 4.79 Å². The van der Waals surface area contributed by atoms with Gasteiger partial charge in [-0.2, -0.15) is 0 Å². The number of allylic oxidation sites excluding steroid dienone is 4. The summed E-state index contributed by atoms with van der Waals surface area (Å²) in [4.78, 5) is 12.5. The molecule has 0 saturated carbocycles. The number of halogens is 1. The van der Waals surface area contributed by atoms with Crippen molar-refractivity contribution in [2.45, 2.75) is 12.8 Å². The van der Waals surface area contributed by atoms with E-state index in [1.807, 2.05) is 48.6 Å². The van der Waals surface area contributed by atoms with Crippen molar-refractivity contribution in [1.29, 1.82) is 0 Å². The van der Waals surface area contributed by atoms with Crippen LogP contribution in [-0.2, 0) is 0 Å². The van der Waals surface area contributed by atoms with E-state index in [0.717, 1.165) is 40.7 Å². The molecule has 1 nitrogen and oxygen atoms in total. The van der Waals surface area contributed by atoms with Crippen LogP contribution in [0.4, 0.5) is 0 Å². The van der Waals surface area contributed by atoms with Crippen LogP contribution in [0.5, 0.6) is 0 Å². The summed E-state index contributed by atoms with van der Waals surface area (Å²) < 4.78 is 0. The summed E-state index contributed by atoms with van der Waals surface area (Å²) in [5, 5.41) is 2.98. The van der Waals surface area contributed by atoms with Crippen LogP contribution in [0.3, 0.4) is 0 Å². The zero-order chi connectivity index (χ0) is 16.8. The molecule has 0 spiro atoms. The van der Waals surface area contributed by atoms with Gasteiger partial charge in [-0.05, 0) is 50.3 Å². The van der Waals surface area contributed by atoms with Gasteiger partial charge < -0.3 is 0 Å². The first kappa shape index (κ1) is 17.1. The first-order chi connectivity index (χ1) is 11.8. The van der Waals surface area contributed by atoms with Crippen molar-refractivity contribution in [1.82, 2.24) is 0 Å².